The molecule has 0 unspecified atom stereocenters. The van der Waals surface area contributed by atoms with E-state index in [0.29, 0.717) is 6.04 Å². The zero-order valence-corrected chi connectivity index (χ0v) is 23.6. The molecule has 2 heterocycles. The molecule has 31 heavy (non-hydrogen) atoms. The number of rotatable bonds is 0. The number of hydrogen-bond donors (Lipinski definition) is 0. The smallest absolute Gasteiger partial charge is 0.822 e. The van der Waals surface area contributed by atoms with Crippen molar-refractivity contribution in [3.8, 4) is 0 Å². The normalized spacial score (nSPS) is 16.1. The summed E-state index contributed by atoms with van der Waals surface area (Å²) in [4.78, 5) is 115. The molecule has 0 aromatic rings. The molecule has 0 aliphatic carbocycles. The topological polar surface area (TPSA) is 365 Å². The van der Waals surface area contributed by atoms with Gasteiger partial charge in [0.1, 0.15) is 0 Å². The van der Waals surface area contributed by atoms with Gasteiger partial charge in [0.2, 0.25) is 5.91 Å². The molecule has 0 bridgehead atoms. The number of hydrogen-bond acceptors (Lipinski definition) is 17. The minimum atomic E-state index is -5.39. The van der Waals surface area contributed by atoms with E-state index in [1.807, 2.05) is 6.20 Å². The zero-order valence-electron chi connectivity index (χ0n) is 14.0. The van der Waals surface area contributed by atoms with E-state index in [1.165, 1.54) is 0 Å². The van der Waals surface area contributed by atoms with Crippen molar-refractivity contribution >= 4 is 37.2 Å². The molecule has 1 amide bonds. The van der Waals surface area contributed by atoms with E-state index in [-0.39, 0.29) is 69.1 Å². The van der Waals surface area contributed by atoms with E-state index in [4.69, 9.17) is 77.0 Å². The van der Waals surface area contributed by atoms with Gasteiger partial charge in [-0.05, 0) is 6.42 Å². The Kier molecular flexibility index (Phi) is 29.7. The van der Waals surface area contributed by atoms with Gasteiger partial charge in [0, 0.05) is 18.7 Å². The van der Waals surface area contributed by atoms with Crippen LogP contribution in [0.15, 0.2) is 12.3 Å². The van der Waals surface area contributed by atoms with Crippen molar-refractivity contribution in [2.24, 2.45) is 0 Å². The predicted octanol–water partition coefficient (Wildman–Crippen LogP) is -10.8. The van der Waals surface area contributed by atoms with Crippen LogP contribution in [0.3, 0.4) is 0 Å². The first-order chi connectivity index (χ1) is 11.9. The molecular formula is C6H7Mo3NO17P4. The molecule has 176 valence electrons. The van der Waals surface area contributed by atoms with Gasteiger partial charge in [-0.1, -0.05) is 6.08 Å². The Morgan fingerprint density at radius 1 is 0.645 bits per heavy atom. The van der Waals surface area contributed by atoms with E-state index in [1.54, 1.807) is 4.90 Å². The first kappa shape index (κ1) is 46.1. The largest absolute Gasteiger partial charge is 4.00 e. The third kappa shape index (κ3) is 72.0. The van der Waals surface area contributed by atoms with Crippen LogP contribution >= 0.6 is 31.3 Å². The van der Waals surface area contributed by atoms with Crippen LogP contribution in [0.4, 0.5) is 0 Å². The first-order valence-corrected chi connectivity index (χ1v) is 11.6. The van der Waals surface area contributed by atoms with Gasteiger partial charge in [-0.2, -0.15) is 31.3 Å². The quantitative estimate of drug-likeness (QED) is 0.125. The maximum atomic E-state index is 10.6. The Morgan fingerprint density at radius 2 is 0.871 bits per heavy atom. The molecule has 18 nitrogen and oxygen atoms in total. The summed E-state index contributed by atoms with van der Waals surface area (Å²) in [6.45, 7) is 0. The Hall–Kier alpha value is 1.71. The monoisotopic (exact) mass is 783 g/mol. The van der Waals surface area contributed by atoms with Crippen molar-refractivity contribution in [3.05, 3.63) is 12.3 Å². The molecule has 0 spiro atoms. The van der Waals surface area contributed by atoms with E-state index >= 15 is 0 Å². The van der Waals surface area contributed by atoms with Crippen molar-refractivity contribution < 1.29 is 145 Å². The second-order valence-corrected chi connectivity index (χ2v) is 7.65. The molecule has 2 rings (SSSR count). The standard InChI is InChI=1S/C6H7NO.3Mo.4H3O4P/c8-6-4-5-2-1-3-7(5)6;;;;4*1-5(2,3)4/h1,3,5H,2,4H2;;;;4*(H3,1,2,3,4)/q;3*+4;;;;/p-12/t5-;;;;;;;/m1......./s1. The zero-order chi connectivity index (χ0) is 23.6. The molecule has 2 aliphatic rings. The molecule has 1 atom stereocenters. The second kappa shape index (κ2) is 20.0. The van der Waals surface area contributed by atoms with Crippen molar-refractivity contribution in [3.63, 3.8) is 0 Å². The van der Waals surface area contributed by atoms with Crippen molar-refractivity contribution in [2.75, 3.05) is 0 Å². The van der Waals surface area contributed by atoms with E-state index < -0.39 is 31.3 Å². The molecule has 2 aliphatic heterocycles. The second-order valence-electron chi connectivity index (χ2n) is 4.07. The summed E-state index contributed by atoms with van der Waals surface area (Å²) in [6.07, 6.45) is 5.78. The van der Waals surface area contributed by atoms with E-state index in [9.17, 15) is 4.79 Å². The molecule has 0 radical (unpaired) electrons. The number of carbonyl (C=O) groups is 1. The SMILES string of the molecule is O=C1C[C@H]2CC=CN12.O=P([O-])([O-])[O-].O=P([O-])([O-])[O-].O=P([O-])([O-])[O-].O=P([O-])([O-])[O-].[Mo+4].[Mo+4].[Mo+4]. The number of amides is 1. The summed E-state index contributed by atoms with van der Waals surface area (Å²) in [7, 11) is -21.6. The van der Waals surface area contributed by atoms with Gasteiger partial charge in [-0.3, -0.25) is 4.79 Å². The molecule has 0 N–H and O–H groups in total. The maximum Gasteiger partial charge on any atom is 4.00 e. The van der Waals surface area contributed by atoms with Crippen molar-refractivity contribution in [1.29, 1.82) is 0 Å². The summed E-state index contributed by atoms with van der Waals surface area (Å²) >= 11 is 0. The molecule has 0 aromatic heterocycles. The Labute approximate surface area is 217 Å². The third-order valence-corrected chi connectivity index (χ3v) is 1.77. The molecule has 0 aromatic carbocycles. The van der Waals surface area contributed by atoms with Crippen LogP contribution < -0.4 is 58.7 Å². The number of β-lactam (4-membered cyclic amide) rings is 1. The van der Waals surface area contributed by atoms with E-state index in [2.05, 4.69) is 6.08 Å². The number of phosphoric acid groups is 4. The molecule has 0 saturated carbocycles. The van der Waals surface area contributed by atoms with Gasteiger partial charge < -0.3 is 81.9 Å². The minimum Gasteiger partial charge on any atom is -0.822 e. The number of nitrogens with zero attached hydrogens (tertiary/aromatic N) is 1. The summed E-state index contributed by atoms with van der Waals surface area (Å²) in [6, 6.07) is 0.544. The van der Waals surface area contributed by atoms with Gasteiger partial charge in [0.05, 0.1) is 0 Å². The summed E-state index contributed by atoms with van der Waals surface area (Å²) in [5, 5.41) is 0. The molecule has 25 heteroatoms. The van der Waals surface area contributed by atoms with Crippen LogP contribution in [0.25, 0.3) is 0 Å². The van der Waals surface area contributed by atoms with Crippen LogP contribution in [0, 0.1) is 0 Å². The Balaban J connectivity index is -0.0000000629. The fraction of sp³-hybridized carbons (Fsp3) is 0.500. The third-order valence-electron chi connectivity index (χ3n) is 1.77. The van der Waals surface area contributed by atoms with Gasteiger partial charge in [0.15, 0.2) is 0 Å². The predicted molar refractivity (Wildman–Crippen MR) is 59.4 cm³/mol. The Morgan fingerprint density at radius 3 is 1.00 bits per heavy atom. The fourth-order valence-corrected chi connectivity index (χ4v) is 1.23. The first-order valence-electron chi connectivity index (χ1n) is 5.78. The maximum absolute atomic E-state index is 10.6. The van der Waals surface area contributed by atoms with Gasteiger partial charge in [-0.25, -0.2) is 0 Å². The minimum absolute atomic E-state index is 0. The molecule has 1 saturated heterocycles. The van der Waals surface area contributed by atoms with Crippen LogP contribution in [-0.2, 0) is 86.3 Å². The van der Waals surface area contributed by atoms with Gasteiger partial charge in [0.25, 0.3) is 0 Å². The van der Waals surface area contributed by atoms with Crippen LogP contribution in [-0.4, -0.2) is 16.8 Å². The van der Waals surface area contributed by atoms with Crippen molar-refractivity contribution in [1.82, 2.24) is 4.90 Å². The van der Waals surface area contributed by atoms with Gasteiger partial charge in [-0.15, -0.1) is 0 Å². The summed E-state index contributed by atoms with van der Waals surface area (Å²) < 4.78 is 34.2. The molecule has 1 fully saturated rings. The van der Waals surface area contributed by atoms with Gasteiger partial charge >= 0.3 is 63.2 Å². The summed E-state index contributed by atoms with van der Waals surface area (Å²) in [5.74, 6) is 0.281. The summed E-state index contributed by atoms with van der Waals surface area (Å²) in [5.41, 5.74) is 0. The van der Waals surface area contributed by atoms with Crippen LogP contribution in [0.5, 0.6) is 0 Å². The van der Waals surface area contributed by atoms with Crippen LogP contribution in [0.2, 0.25) is 0 Å². The average Bonchev–Trinajstić information content (AvgIpc) is 2.60. The molecular weight excluding hydrogens is 770 g/mol. The fourth-order valence-electron chi connectivity index (χ4n) is 1.23. The van der Waals surface area contributed by atoms with E-state index in [0.717, 1.165) is 12.8 Å². The average molecular weight is 777 g/mol. The van der Waals surface area contributed by atoms with Crippen LogP contribution in [0.1, 0.15) is 12.8 Å². The number of fused-ring (bicyclic) bond motifs is 1. The Bertz CT molecular complexity index is 581. The number of carbonyl (C=O) groups excluding carboxylic acids is 1. The van der Waals surface area contributed by atoms with Crippen molar-refractivity contribution in [2.45, 2.75) is 18.9 Å².